The summed E-state index contributed by atoms with van der Waals surface area (Å²) in [5.41, 5.74) is 5.10. The van der Waals surface area contributed by atoms with Crippen LogP contribution in [0.15, 0.2) is 58.5 Å². The molecule has 6 nitrogen and oxygen atoms in total. The van der Waals surface area contributed by atoms with Crippen molar-refractivity contribution < 1.29 is 0 Å². The topological polar surface area (TPSA) is 55.3 Å². The third-order valence-corrected chi connectivity index (χ3v) is 7.96. The van der Waals surface area contributed by atoms with Gasteiger partial charge in [0.25, 0.3) is 0 Å². The minimum absolute atomic E-state index is 0.611. The summed E-state index contributed by atoms with van der Waals surface area (Å²) in [6, 6.07) is 17.9. The Labute approximate surface area is 230 Å². The zero-order valence-electron chi connectivity index (χ0n) is 24.0. The summed E-state index contributed by atoms with van der Waals surface area (Å²) >= 11 is 0. The molecule has 0 bridgehead atoms. The number of aliphatic imine (C=N–C) groups is 2. The summed E-state index contributed by atoms with van der Waals surface area (Å²) in [6.45, 7) is 1.22. The largest absolute Gasteiger partial charge is 0.349 e. The Morgan fingerprint density at radius 2 is 0.921 bits per heavy atom. The normalized spacial score (nSPS) is 17.8. The van der Waals surface area contributed by atoms with E-state index in [1.165, 1.54) is 75.3 Å². The number of nitrogens with zero attached hydrogens (tertiary/aromatic N) is 4. The molecule has 2 fully saturated rings. The summed E-state index contributed by atoms with van der Waals surface area (Å²) in [7, 11) is 8.09. The third kappa shape index (κ3) is 8.24. The Kier molecular flexibility index (Phi) is 10.5. The summed E-state index contributed by atoms with van der Waals surface area (Å²) in [4.78, 5) is 13.7. The molecule has 2 saturated carbocycles. The molecular formula is C32H48N6. The van der Waals surface area contributed by atoms with Crippen LogP contribution in [0, 0.1) is 0 Å². The fraction of sp³-hybridized carbons (Fsp3) is 0.562. The van der Waals surface area contributed by atoms with Crippen LogP contribution in [0.25, 0.3) is 0 Å². The van der Waals surface area contributed by atoms with Crippen LogP contribution in [-0.2, 0) is 0 Å². The summed E-state index contributed by atoms with van der Waals surface area (Å²) in [5.74, 6) is 3.16. The zero-order chi connectivity index (χ0) is 26.7. The highest BCUT2D eigenvalue weighted by Crippen LogP contribution is 2.34. The SMILES string of the molecule is CN(C)C(=NCCN=C(Nc1ccc(C2CCCCC2)cc1)N(C)C)Nc1ccc(C2CCCCC2)cc1. The van der Waals surface area contributed by atoms with Crippen molar-refractivity contribution >= 4 is 23.3 Å². The van der Waals surface area contributed by atoms with E-state index in [0.29, 0.717) is 13.1 Å². The van der Waals surface area contributed by atoms with Crippen LogP contribution >= 0.6 is 0 Å². The smallest absolute Gasteiger partial charge is 0.197 e. The van der Waals surface area contributed by atoms with Gasteiger partial charge in [0.2, 0.25) is 0 Å². The Hall–Kier alpha value is -3.02. The molecule has 0 aromatic heterocycles. The minimum Gasteiger partial charge on any atom is -0.349 e. The Morgan fingerprint density at radius 1 is 0.579 bits per heavy atom. The molecule has 4 rings (SSSR count). The molecule has 2 N–H and O–H groups in total. The first-order chi connectivity index (χ1) is 18.5. The van der Waals surface area contributed by atoms with Gasteiger partial charge in [0.05, 0.1) is 13.1 Å². The molecule has 6 heteroatoms. The van der Waals surface area contributed by atoms with Crippen molar-refractivity contribution in [3.8, 4) is 0 Å². The second-order valence-electron chi connectivity index (χ2n) is 11.4. The Morgan fingerprint density at radius 3 is 1.24 bits per heavy atom. The fourth-order valence-corrected chi connectivity index (χ4v) is 5.70. The Bertz CT molecular complexity index is 941. The van der Waals surface area contributed by atoms with E-state index >= 15 is 0 Å². The van der Waals surface area contributed by atoms with Gasteiger partial charge in [-0.25, -0.2) is 0 Å². The average Bonchev–Trinajstić information content (AvgIpc) is 2.95. The van der Waals surface area contributed by atoms with Crippen LogP contribution in [-0.4, -0.2) is 63.0 Å². The number of rotatable bonds is 7. The molecule has 0 heterocycles. The molecule has 0 aliphatic heterocycles. The standard InChI is InChI=1S/C32H48N6/c1-37(2)31(35-29-19-15-27(16-20-29)25-11-7-5-8-12-25)33-23-24-34-32(38(3)4)36-30-21-17-28(18-22-30)26-13-9-6-10-14-26/h15-22,25-26H,5-14,23-24H2,1-4H3,(H,33,35)(H,34,36). The van der Waals surface area contributed by atoms with E-state index < -0.39 is 0 Å². The van der Waals surface area contributed by atoms with Gasteiger partial charge >= 0.3 is 0 Å². The predicted octanol–water partition coefficient (Wildman–Crippen LogP) is 7.14. The highest BCUT2D eigenvalue weighted by Gasteiger charge is 2.16. The van der Waals surface area contributed by atoms with E-state index in [9.17, 15) is 0 Å². The fourth-order valence-electron chi connectivity index (χ4n) is 5.70. The lowest BCUT2D eigenvalue weighted by Gasteiger charge is -2.23. The van der Waals surface area contributed by atoms with Gasteiger partial charge in [-0.1, -0.05) is 62.8 Å². The Balaban J connectivity index is 1.31. The number of anilines is 2. The first kappa shape index (κ1) is 28.0. The number of benzene rings is 2. The maximum atomic E-state index is 4.81. The monoisotopic (exact) mass is 516 g/mol. The molecule has 0 atom stereocenters. The van der Waals surface area contributed by atoms with E-state index in [0.717, 1.165) is 35.1 Å². The van der Waals surface area contributed by atoms with Gasteiger partial charge in [-0.05, 0) is 72.9 Å². The second-order valence-corrected chi connectivity index (χ2v) is 11.4. The van der Waals surface area contributed by atoms with E-state index in [1.54, 1.807) is 0 Å². The van der Waals surface area contributed by atoms with Crippen molar-refractivity contribution in [2.75, 3.05) is 51.9 Å². The number of guanidine groups is 2. The van der Waals surface area contributed by atoms with E-state index in [1.807, 2.05) is 38.0 Å². The van der Waals surface area contributed by atoms with Crippen LogP contribution < -0.4 is 10.6 Å². The quantitative estimate of drug-likeness (QED) is 0.233. The van der Waals surface area contributed by atoms with Gasteiger partial charge in [0.15, 0.2) is 11.9 Å². The first-order valence-electron chi connectivity index (χ1n) is 14.7. The van der Waals surface area contributed by atoms with Gasteiger partial charge in [-0.15, -0.1) is 0 Å². The lowest BCUT2D eigenvalue weighted by atomic mass is 9.84. The van der Waals surface area contributed by atoms with Crippen molar-refractivity contribution in [2.45, 2.75) is 76.0 Å². The third-order valence-electron chi connectivity index (χ3n) is 7.96. The van der Waals surface area contributed by atoms with Crippen LogP contribution in [0.5, 0.6) is 0 Å². The van der Waals surface area contributed by atoms with Crippen LogP contribution in [0.3, 0.4) is 0 Å². The van der Waals surface area contributed by atoms with Crippen molar-refractivity contribution in [1.82, 2.24) is 9.80 Å². The van der Waals surface area contributed by atoms with Crippen molar-refractivity contribution in [1.29, 1.82) is 0 Å². The average molecular weight is 517 g/mol. The summed E-state index contributed by atoms with van der Waals surface area (Å²) in [6.07, 6.45) is 13.5. The predicted molar refractivity (Wildman–Crippen MR) is 164 cm³/mol. The summed E-state index contributed by atoms with van der Waals surface area (Å²) < 4.78 is 0. The molecule has 0 unspecified atom stereocenters. The molecule has 0 saturated heterocycles. The molecule has 38 heavy (non-hydrogen) atoms. The van der Waals surface area contributed by atoms with Gasteiger partial charge < -0.3 is 20.4 Å². The molecule has 2 aliphatic rings. The minimum atomic E-state index is 0.611. The number of hydrogen-bond acceptors (Lipinski definition) is 2. The van der Waals surface area contributed by atoms with Crippen LogP contribution in [0.1, 0.15) is 87.2 Å². The van der Waals surface area contributed by atoms with Gasteiger partial charge in [0.1, 0.15) is 0 Å². The van der Waals surface area contributed by atoms with E-state index in [-0.39, 0.29) is 0 Å². The van der Waals surface area contributed by atoms with E-state index in [2.05, 4.69) is 59.2 Å². The van der Waals surface area contributed by atoms with Crippen molar-refractivity contribution in [3.05, 3.63) is 59.7 Å². The van der Waals surface area contributed by atoms with Gasteiger partial charge in [-0.3, -0.25) is 9.98 Å². The maximum absolute atomic E-state index is 4.81. The molecule has 0 amide bonds. The highest BCUT2D eigenvalue weighted by atomic mass is 15.3. The molecule has 2 aromatic carbocycles. The molecule has 2 aromatic rings. The molecule has 0 radical (unpaired) electrons. The van der Waals surface area contributed by atoms with Crippen LogP contribution in [0.2, 0.25) is 0 Å². The molecular weight excluding hydrogens is 468 g/mol. The van der Waals surface area contributed by atoms with E-state index in [4.69, 9.17) is 9.98 Å². The molecule has 2 aliphatic carbocycles. The number of hydrogen-bond donors (Lipinski definition) is 2. The van der Waals surface area contributed by atoms with Crippen LogP contribution in [0.4, 0.5) is 11.4 Å². The lowest BCUT2D eigenvalue weighted by molar-refractivity contribution is 0.443. The van der Waals surface area contributed by atoms with Crippen molar-refractivity contribution in [3.63, 3.8) is 0 Å². The first-order valence-corrected chi connectivity index (χ1v) is 14.7. The van der Waals surface area contributed by atoms with Gasteiger partial charge in [-0.2, -0.15) is 0 Å². The lowest BCUT2D eigenvalue weighted by Crippen LogP contribution is -2.31. The highest BCUT2D eigenvalue weighted by molar-refractivity contribution is 5.94. The molecule has 0 spiro atoms. The molecule has 206 valence electrons. The summed E-state index contributed by atoms with van der Waals surface area (Å²) in [5, 5.41) is 6.99. The zero-order valence-corrected chi connectivity index (χ0v) is 24.0. The number of nitrogens with one attached hydrogen (secondary N) is 2. The second kappa shape index (κ2) is 14.2. The maximum Gasteiger partial charge on any atom is 0.197 e. The van der Waals surface area contributed by atoms with Crippen molar-refractivity contribution in [2.24, 2.45) is 9.98 Å². The van der Waals surface area contributed by atoms with Gasteiger partial charge in [0, 0.05) is 39.6 Å².